The molecular formula is C40H47F6N7O11S2. The molecule has 362 valence electrons. The molecule has 0 aliphatic rings. The maximum absolute atomic E-state index is 14.5. The summed E-state index contributed by atoms with van der Waals surface area (Å²) in [4.78, 5) is 29.9. The lowest BCUT2D eigenvalue weighted by Crippen LogP contribution is -2.33. The van der Waals surface area contributed by atoms with Crippen LogP contribution in [0.5, 0.6) is 23.0 Å². The van der Waals surface area contributed by atoms with E-state index < -0.39 is 111 Å². The summed E-state index contributed by atoms with van der Waals surface area (Å²) < 4.78 is 149. The Morgan fingerprint density at radius 3 is 1.27 bits per heavy atom. The molecule has 4 rings (SSSR count). The number of esters is 1. The molecule has 2 atom stereocenters. The van der Waals surface area contributed by atoms with Crippen molar-refractivity contribution in [3.05, 3.63) is 108 Å². The van der Waals surface area contributed by atoms with Crippen molar-refractivity contribution >= 4 is 43.5 Å². The molecule has 11 N–H and O–H groups in total. The Morgan fingerprint density at radius 2 is 0.955 bits per heavy atom. The lowest BCUT2D eigenvalue weighted by Gasteiger charge is -2.15. The van der Waals surface area contributed by atoms with Crippen LogP contribution >= 0.6 is 0 Å². The van der Waals surface area contributed by atoms with Crippen LogP contribution in [0.3, 0.4) is 0 Å². The second kappa shape index (κ2) is 26.4. The smallest absolute Gasteiger partial charge is 0.309 e. The third-order valence-corrected chi connectivity index (χ3v) is 12.2. The standard InChI is InChI=1S/C20H22F3N3O5S.C19H21F3N4O5S.CH4O/c1-30-19(27)12(3-2-8-26-20(24)25)11-32(28,29)15-9-16(22)18(17(23)10-15)31-14-6-4-13(21)5-7-14;20-12-3-5-13(6-4-12)31-17-15(21)8-14(9-16(17)22)32(29,30)10-11(18(27)26-28)2-1-7-25-19(23)24;1-2/h4-7,9-10,12H,2-3,8,11H2,1H3,(H4,24,25,26);3-6,8-9,11,28H,1-2,7,10H2,(H,26,27)(H4,23,24,25);2H,1H3/t12-;11-;/m00./s1. The van der Waals surface area contributed by atoms with E-state index in [1.165, 1.54) is 5.48 Å². The van der Waals surface area contributed by atoms with Crippen LogP contribution < -0.4 is 37.9 Å². The van der Waals surface area contributed by atoms with Gasteiger partial charge in [-0.3, -0.25) is 24.8 Å². The molecular weight excluding hydrogens is 933 g/mol. The fourth-order valence-electron chi connectivity index (χ4n) is 5.50. The summed E-state index contributed by atoms with van der Waals surface area (Å²) in [6.07, 6.45) is 0.525. The minimum atomic E-state index is -4.35. The summed E-state index contributed by atoms with van der Waals surface area (Å²) in [6, 6.07) is 11.0. The van der Waals surface area contributed by atoms with Gasteiger partial charge < -0.3 is 42.3 Å². The summed E-state index contributed by atoms with van der Waals surface area (Å²) in [7, 11) is -6.53. The van der Waals surface area contributed by atoms with Gasteiger partial charge in [-0.15, -0.1) is 0 Å². The summed E-state index contributed by atoms with van der Waals surface area (Å²) in [5.74, 6) is -14.2. The average Bonchev–Trinajstić information content (AvgIpc) is 3.26. The van der Waals surface area contributed by atoms with Gasteiger partial charge in [0.2, 0.25) is 5.91 Å². The van der Waals surface area contributed by atoms with Crippen LogP contribution in [0, 0.1) is 46.7 Å². The number of aliphatic imine (C=N–C) groups is 2. The van der Waals surface area contributed by atoms with E-state index in [2.05, 4.69) is 14.7 Å². The zero-order chi connectivity index (χ0) is 49.8. The molecule has 26 heteroatoms. The lowest BCUT2D eigenvalue weighted by atomic mass is 10.1. The molecule has 66 heavy (non-hydrogen) atoms. The van der Waals surface area contributed by atoms with Gasteiger partial charge in [-0.1, -0.05) is 0 Å². The number of nitrogens with two attached hydrogens (primary N) is 4. The van der Waals surface area contributed by atoms with Crippen LogP contribution in [0.4, 0.5) is 26.3 Å². The van der Waals surface area contributed by atoms with Gasteiger partial charge in [0, 0.05) is 20.2 Å². The molecule has 1 amide bonds. The number of carbonyl (C=O) groups excluding carboxylic acids is 2. The summed E-state index contributed by atoms with van der Waals surface area (Å²) >= 11 is 0. The maximum Gasteiger partial charge on any atom is 0.309 e. The first-order chi connectivity index (χ1) is 31.1. The fourth-order valence-corrected chi connectivity index (χ4v) is 8.70. The number of ether oxygens (including phenoxy) is 3. The predicted molar refractivity (Wildman–Crippen MR) is 227 cm³/mol. The first-order valence-corrected chi connectivity index (χ1v) is 22.2. The Morgan fingerprint density at radius 1 is 0.621 bits per heavy atom. The highest BCUT2D eigenvalue weighted by molar-refractivity contribution is 7.91. The van der Waals surface area contributed by atoms with Crippen LogP contribution in [0.2, 0.25) is 0 Å². The minimum absolute atomic E-state index is 0.0286. The van der Waals surface area contributed by atoms with E-state index in [4.69, 9.17) is 42.7 Å². The van der Waals surface area contributed by atoms with E-state index >= 15 is 0 Å². The van der Waals surface area contributed by atoms with E-state index in [1.807, 2.05) is 0 Å². The first-order valence-electron chi connectivity index (χ1n) is 18.9. The van der Waals surface area contributed by atoms with Crippen LogP contribution in [0.1, 0.15) is 25.7 Å². The van der Waals surface area contributed by atoms with Gasteiger partial charge in [0.1, 0.15) is 23.1 Å². The number of nitrogens with zero attached hydrogens (tertiary/aromatic N) is 2. The number of nitrogens with one attached hydrogen (secondary N) is 1. The number of sulfone groups is 2. The van der Waals surface area contributed by atoms with E-state index in [0.717, 1.165) is 62.8 Å². The molecule has 4 aromatic rings. The van der Waals surface area contributed by atoms with Crippen LogP contribution in [-0.4, -0.2) is 89.8 Å². The molecule has 0 unspecified atom stereocenters. The third kappa shape index (κ3) is 17.7. The predicted octanol–water partition coefficient (Wildman–Crippen LogP) is 3.97. The number of methoxy groups -OCH3 is 1. The van der Waals surface area contributed by atoms with E-state index in [0.29, 0.717) is 24.3 Å². The maximum atomic E-state index is 14.5. The molecule has 0 spiro atoms. The first kappa shape index (κ1) is 55.5. The zero-order valence-electron chi connectivity index (χ0n) is 35.1. The quantitative estimate of drug-likeness (QED) is 0.0125. The molecule has 0 radical (unpaired) electrons. The Balaban J connectivity index is 0.000000437. The van der Waals surface area contributed by atoms with Gasteiger partial charge >= 0.3 is 5.97 Å². The van der Waals surface area contributed by atoms with Gasteiger partial charge in [0.25, 0.3) is 0 Å². The molecule has 18 nitrogen and oxygen atoms in total. The molecule has 0 aliphatic carbocycles. The van der Waals surface area contributed by atoms with Crippen molar-refractivity contribution in [2.45, 2.75) is 35.5 Å². The molecule has 0 fully saturated rings. The van der Waals surface area contributed by atoms with Gasteiger partial charge in [-0.25, -0.2) is 48.7 Å². The Hall–Kier alpha value is -6.64. The summed E-state index contributed by atoms with van der Waals surface area (Å²) in [6.45, 7) is 0.269. The molecule has 0 aromatic heterocycles. The minimum Gasteiger partial charge on any atom is -0.469 e. The fraction of sp³-hybridized carbons (Fsp3) is 0.300. The van der Waals surface area contributed by atoms with Gasteiger partial charge in [-0.05, 0) is 98.5 Å². The number of amides is 1. The number of carbonyl (C=O) groups is 2. The number of aliphatic hydroxyl groups is 1. The largest absolute Gasteiger partial charge is 0.469 e. The van der Waals surface area contributed by atoms with E-state index in [-0.39, 0.29) is 62.2 Å². The number of halogens is 6. The van der Waals surface area contributed by atoms with Crippen molar-refractivity contribution < 1.29 is 77.3 Å². The Kier molecular flexibility index (Phi) is 22.2. The molecule has 0 aliphatic heterocycles. The molecule has 4 aromatic carbocycles. The highest BCUT2D eigenvalue weighted by Gasteiger charge is 2.31. The number of rotatable bonds is 20. The number of hydrogen-bond acceptors (Lipinski definition) is 13. The topological polar surface area (TPSA) is 311 Å². The highest BCUT2D eigenvalue weighted by Crippen LogP contribution is 2.33. The van der Waals surface area contributed by atoms with Crippen molar-refractivity contribution in [3.63, 3.8) is 0 Å². The van der Waals surface area contributed by atoms with Crippen molar-refractivity contribution in [2.75, 3.05) is 38.8 Å². The molecule has 0 bridgehead atoms. The number of hydrogen-bond donors (Lipinski definition) is 7. The van der Waals surface area contributed by atoms with Crippen molar-refractivity contribution in [1.29, 1.82) is 0 Å². The number of guanidine groups is 2. The lowest BCUT2D eigenvalue weighted by molar-refractivity contribution is -0.144. The third-order valence-electron chi connectivity index (χ3n) is 8.60. The molecule has 0 saturated carbocycles. The second-order valence-corrected chi connectivity index (χ2v) is 17.5. The Labute approximate surface area is 375 Å². The Bertz CT molecular complexity index is 2310. The highest BCUT2D eigenvalue weighted by atomic mass is 32.2. The SMILES string of the molecule is CO.COC(=O)[C@@H](CCCN=C(N)N)CS(=O)(=O)c1cc(F)c(Oc2ccc(F)cc2)c(F)c1.NC(N)=NCCC[C@@H](CS(=O)(=O)c1cc(F)c(Oc2ccc(F)cc2)c(F)c1)C(=O)NO. The van der Waals surface area contributed by atoms with Crippen molar-refractivity contribution in [2.24, 2.45) is 44.8 Å². The van der Waals surface area contributed by atoms with Gasteiger partial charge in [0.05, 0.1) is 40.2 Å². The van der Waals surface area contributed by atoms with Crippen molar-refractivity contribution in [1.82, 2.24) is 5.48 Å². The normalized spacial score (nSPS) is 11.8. The van der Waals surface area contributed by atoms with E-state index in [9.17, 15) is 52.8 Å². The summed E-state index contributed by atoms with van der Waals surface area (Å²) in [5, 5.41) is 15.9. The van der Waals surface area contributed by atoms with Crippen LogP contribution in [-0.2, 0) is 34.0 Å². The number of hydroxylamine groups is 1. The molecule has 0 saturated heterocycles. The monoisotopic (exact) mass is 979 g/mol. The second-order valence-electron chi connectivity index (χ2n) is 13.4. The van der Waals surface area contributed by atoms with E-state index in [1.54, 1.807) is 0 Å². The van der Waals surface area contributed by atoms with Gasteiger partial charge in [-0.2, -0.15) is 0 Å². The van der Waals surface area contributed by atoms with Crippen LogP contribution in [0.25, 0.3) is 0 Å². The van der Waals surface area contributed by atoms with Crippen molar-refractivity contribution in [3.8, 4) is 23.0 Å². The zero-order valence-corrected chi connectivity index (χ0v) is 36.7. The number of aliphatic hydroxyl groups excluding tert-OH is 1. The summed E-state index contributed by atoms with van der Waals surface area (Å²) in [5.41, 5.74) is 22.2. The number of benzene rings is 4. The van der Waals surface area contributed by atoms with Crippen LogP contribution in [0.15, 0.2) is 92.6 Å². The van der Waals surface area contributed by atoms with Gasteiger partial charge in [0.15, 0.2) is 66.4 Å². The molecule has 0 heterocycles. The average molecular weight is 980 g/mol.